The molecule has 6 nitrogen and oxygen atoms in total. The Morgan fingerprint density at radius 2 is 2.05 bits per heavy atom. The average Bonchev–Trinajstić information content (AvgIpc) is 2.74. The molecular formula is C10H17BrN4O2S2. The van der Waals surface area contributed by atoms with E-state index in [2.05, 4.69) is 25.7 Å². The Labute approximate surface area is 125 Å². The molecule has 0 radical (unpaired) electrons. The molecule has 0 atom stereocenters. The fourth-order valence-electron chi connectivity index (χ4n) is 1.80. The van der Waals surface area contributed by atoms with Crippen LogP contribution in [0.4, 0.5) is 0 Å². The first-order chi connectivity index (χ1) is 8.92. The zero-order valence-corrected chi connectivity index (χ0v) is 13.8. The van der Waals surface area contributed by atoms with Crippen LogP contribution in [0.1, 0.15) is 4.88 Å². The van der Waals surface area contributed by atoms with Crippen molar-refractivity contribution in [3.05, 3.63) is 14.7 Å². The summed E-state index contributed by atoms with van der Waals surface area (Å²) in [6.07, 6.45) is 0. The monoisotopic (exact) mass is 368 g/mol. The van der Waals surface area contributed by atoms with E-state index < -0.39 is 10.0 Å². The Balaban J connectivity index is 2.11. The Bertz CT molecular complexity index is 538. The van der Waals surface area contributed by atoms with E-state index in [0.29, 0.717) is 23.4 Å². The minimum Gasteiger partial charge on any atom is -0.326 e. The number of likely N-dealkylation sites (N-methyl/N-ethyl adjacent to an activating group) is 1. The van der Waals surface area contributed by atoms with E-state index in [4.69, 9.17) is 5.73 Å². The number of hydrazine groups is 1. The van der Waals surface area contributed by atoms with Gasteiger partial charge in [-0.3, -0.25) is 0 Å². The summed E-state index contributed by atoms with van der Waals surface area (Å²) in [4.78, 5) is 5.89. The van der Waals surface area contributed by atoms with E-state index in [9.17, 15) is 8.42 Å². The number of thiophene rings is 1. The molecule has 1 aliphatic heterocycles. The SMILES string of the molecule is CN1CCN(NS(=O)(=O)c2cc(CN)sc2Br)CC1. The summed E-state index contributed by atoms with van der Waals surface area (Å²) in [6.45, 7) is 3.40. The lowest BCUT2D eigenvalue weighted by molar-refractivity contribution is 0.135. The van der Waals surface area contributed by atoms with Gasteiger partial charge < -0.3 is 10.6 Å². The number of nitrogens with two attached hydrogens (primary N) is 1. The van der Waals surface area contributed by atoms with Gasteiger partial charge in [-0.1, -0.05) is 0 Å². The molecule has 1 aromatic heterocycles. The van der Waals surface area contributed by atoms with Crippen molar-refractivity contribution in [3.63, 3.8) is 0 Å². The Hall–Kier alpha value is -0.0300. The van der Waals surface area contributed by atoms with Crippen LogP contribution in [0.5, 0.6) is 0 Å². The summed E-state index contributed by atoms with van der Waals surface area (Å²) in [5.74, 6) is 0. The number of nitrogens with one attached hydrogen (secondary N) is 1. The summed E-state index contributed by atoms with van der Waals surface area (Å²) in [5.41, 5.74) is 5.53. The van der Waals surface area contributed by atoms with Crippen molar-refractivity contribution in [1.82, 2.24) is 14.7 Å². The molecule has 0 amide bonds. The van der Waals surface area contributed by atoms with Crippen LogP contribution in [0.3, 0.4) is 0 Å². The molecule has 0 unspecified atom stereocenters. The van der Waals surface area contributed by atoms with Crippen LogP contribution in [-0.2, 0) is 16.6 Å². The average molecular weight is 369 g/mol. The molecular weight excluding hydrogens is 352 g/mol. The fraction of sp³-hybridized carbons (Fsp3) is 0.600. The van der Waals surface area contributed by atoms with Gasteiger partial charge in [-0.05, 0) is 29.0 Å². The highest BCUT2D eigenvalue weighted by Gasteiger charge is 2.24. The zero-order chi connectivity index (χ0) is 14.0. The summed E-state index contributed by atoms with van der Waals surface area (Å²) in [7, 11) is -1.51. The highest BCUT2D eigenvalue weighted by molar-refractivity contribution is 9.11. The topological polar surface area (TPSA) is 78.7 Å². The van der Waals surface area contributed by atoms with Gasteiger partial charge in [0, 0.05) is 37.6 Å². The molecule has 1 aromatic rings. The van der Waals surface area contributed by atoms with Gasteiger partial charge in [0.2, 0.25) is 0 Å². The van der Waals surface area contributed by atoms with Crippen LogP contribution >= 0.6 is 27.3 Å². The lowest BCUT2D eigenvalue weighted by Gasteiger charge is -2.32. The summed E-state index contributed by atoms with van der Waals surface area (Å²) in [5, 5.41) is 1.74. The van der Waals surface area contributed by atoms with Gasteiger partial charge in [0.05, 0.1) is 3.79 Å². The maximum Gasteiger partial charge on any atom is 0.255 e. The van der Waals surface area contributed by atoms with Crippen molar-refractivity contribution in [3.8, 4) is 0 Å². The summed E-state index contributed by atoms with van der Waals surface area (Å²) < 4.78 is 25.2. The fourth-order valence-corrected chi connectivity index (χ4v) is 5.48. The third-order valence-electron chi connectivity index (χ3n) is 2.95. The van der Waals surface area contributed by atoms with E-state index in [-0.39, 0.29) is 4.90 Å². The zero-order valence-electron chi connectivity index (χ0n) is 10.6. The summed E-state index contributed by atoms with van der Waals surface area (Å²) >= 11 is 4.63. The molecule has 108 valence electrons. The van der Waals surface area contributed by atoms with E-state index in [1.807, 2.05) is 7.05 Å². The molecule has 0 aromatic carbocycles. The van der Waals surface area contributed by atoms with Crippen molar-refractivity contribution in [2.24, 2.45) is 5.73 Å². The minimum absolute atomic E-state index is 0.261. The van der Waals surface area contributed by atoms with Gasteiger partial charge in [-0.2, -0.15) is 0 Å². The standard InChI is InChI=1S/C10H17BrN4O2S2/c1-14-2-4-15(5-3-14)13-19(16,17)9-6-8(7-12)18-10(9)11/h6,13H,2-5,7,12H2,1H3. The lowest BCUT2D eigenvalue weighted by Crippen LogP contribution is -2.52. The predicted molar refractivity (Wildman–Crippen MR) is 79.3 cm³/mol. The quantitative estimate of drug-likeness (QED) is 0.804. The van der Waals surface area contributed by atoms with Crippen LogP contribution in [0.2, 0.25) is 0 Å². The smallest absolute Gasteiger partial charge is 0.255 e. The number of hydrogen-bond donors (Lipinski definition) is 2. The van der Waals surface area contributed by atoms with E-state index >= 15 is 0 Å². The summed E-state index contributed by atoms with van der Waals surface area (Å²) in [6, 6.07) is 1.62. The number of nitrogens with zero attached hydrogens (tertiary/aromatic N) is 2. The van der Waals surface area contributed by atoms with Gasteiger partial charge in [-0.15, -0.1) is 16.2 Å². The van der Waals surface area contributed by atoms with E-state index in [1.54, 1.807) is 11.1 Å². The van der Waals surface area contributed by atoms with Crippen LogP contribution in [-0.4, -0.2) is 51.6 Å². The van der Waals surface area contributed by atoms with Crippen molar-refractivity contribution in [2.45, 2.75) is 11.4 Å². The molecule has 2 heterocycles. The molecule has 1 saturated heterocycles. The molecule has 0 aliphatic carbocycles. The highest BCUT2D eigenvalue weighted by Crippen LogP contribution is 2.31. The first-order valence-electron chi connectivity index (χ1n) is 5.86. The van der Waals surface area contributed by atoms with Gasteiger partial charge in [-0.25, -0.2) is 13.4 Å². The first-order valence-corrected chi connectivity index (χ1v) is 8.96. The van der Waals surface area contributed by atoms with Gasteiger partial charge in [0.25, 0.3) is 10.0 Å². The number of piperazine rings is 1. The number of halogens is 1. The molecule has 9 heteroatoms. The van der Waals surface area contributed by atoms with Crippen molar-refractivity contribution >= 4 is 37.3 Å². The van der Waals surface area contributed by atoms with Crippen molar-refractivity contribution < 1.29 is 8.42 Å². The van der Waals surface area contributed by atoms with Crippen LogP contribution in [0.25, 0.3) is 0 Å². The molecule has 2 rings (SSSR count). The number of rotatable bonds is 4. The van der Waals surface area contributed by atoms with Gasteiger partial charge in [0.15, 0.2) is 0 Å². The number of hydrogen-bond acceptors (Lipinski definition) is 6. The number of sulfonamides is 1. The van der Waals surface area contributed by atoms with Crippen LogP contribution < -0.4 is 10.6 Å². The second-order valence-electron chi connectivity index (χ2n) is 4.44. The van der Waals surface area contributed by atoms with Gasteiger partial charge >= 0.3 is 0 Å². The first kappa shape index (κ1) is 15.4. The second-order valence-corrected chi connectivity index (χ2v) is 8.52. The largest absolute Gasteiger partial charge is 0.326 e. The molecule has 19 heavy (non-hydrogen) atoms. The van der Waals surface area contributed by atoms with Gasteiger partial charge in [0.1, 0.15) is 4.90 Å². The minimum atomic E-state index is -3.53. The third-order valence-corrected chi connectivity index (χ3v) is 6.60. The van der Waals surface area contributed by atoms with Crippen molar-refractivity contribution in [1.29, 1.82) is 0 Å². The third kappa shape index (κ3) is 3.75. The lowest BCUT2D eigenvalue weighted by atomic mass is 10.4. The van der Waals surface area contributed by atoms with E-state index in [1.165, 1.54) is 11.3 Å². The van der Waals surface area contributed by atoms with Crippen molar-refractivity contribution in [2.75, 3.05) is 33.2 Å². The highest BCUT2D eigenvalue weighted by atomic mass is 79.9. The van der Waals surface area contributed by atoms with E-state index in [0.717, 1.165) is 18.0 Å². The maximum absolute atomic E-state index is 12.3. The molecule has 1 fully saturated rings. The molecule has 0 bridgehead atoms. The Morgan fingerprint density at radius 1 is 1.42 bits per heavy atom. The molecule has 1 aliphatic rings. The van der Waals surface area contributed by atoms with Crippen LogP contribution in [0, 0.1) is 0 Å². The molecule has 3 N–H and O–H groups in total. The molecule has 0 spiro atoms. The molecule has 0 saturated carbocycles. The Kier molecular flexibility index (Phi) is 4.99. The maximum atomic E-state index is 12.3. The van der Waals surface area contributed by atoms with Crippen LogP contribution in [0.15, 0.2) is 14.7 Å². The second kappa shape index (κ2) is 6.17. The predicted octanol–water partition coefficient (Wildman–Crippen LogP) is 0.410. The Morgan fingerprint density at radius 3 is 2.58 bits per heavy atom. The normalized spacial score (nSPS) is 18.9.